The average molecular weight is 292 g/mol. The molecule has 1 aromatic rings. The van der Waals surface area contributed by atoms with Crippen LogP contribution in [0.15, 0.2) is 12.1 Å². The van der Waals surface area contributed by atoms with E-state index in [-0.39, 0.29) is 6.29 Å². The molecular weight excluding hydrogens is 268 g/mol. The molecule has 0 radical (unpaired) electrons. The highest BCUT2D eigenvalue weighted by Crippen LogP contribution is 2.27. The van der Waals surface area contributed by atoms with Gasteiger partial charge in [-0.3, -0.25) is 4.90 Å². The molecule has 0 aromatic carbocycles. The summed E-state index contributed by atoms with van der Waals surface area (Å²) >= 11 is 0. The molecule has 116 valence electrons. The lowest BCUT2D eigenvalue weighted by atomic mass is 10.1. The van der Waals surface area contributed by atoms with Crippen molar-refractivity contribution < 1.29 is 9.47 Å². The van der Waals surface area contributed by atoms with Crippen LogP contribution >= 0.6 is 0 Å². The predicted molar refractivity (Wildman–Crippen MR) is 81.2 cm³/mol. The number of hydrogen-bond donors (Lipinski definition) is 1. The number of nitrogens with one attached hydrogen (secondary N) is 1. The van der Waals surface area contributed by atoms with Crippen molar-refractivity contribution in [3.63, 3.8) is 0 Å². The molecule has 0 amide bonds. The summed E-state index contributed by atoms with van der Waals surface area (Å²) in [4.78, 5) is 9.49. The first-order valence-corrected chi connectivity index (χ1v) is 7.58. The van der Waals surface area contributed by atoms with E-state index in [1.54, 1.807) is 0 Å². The van der Waals surface area contributed by atoms with Gasteiger partial charge in [-0.2, -0.15) is 0 Å². The first-order valence-electron chi connectivity index (χ1n) is 7.58. The van der Waals surface area contributed by atoms with Gasteiger partial charge in [-0.1, -0.05) is 6.07 Å². The summed E-state index contributed by atoms with van der Waals surface area (Å²) in [6.45, 7) is 6.62. The quantitative estimate of drug-likeness (QED) is 0.890. The summed E-state index contributed by atoms with van der Waals surface area (Å²) in [7, 11) is 4.05. The van der Waals surface area contributed by atoms with E-state index < -0.39 is 0 Å². The van der Waals surface area contributed by atoms with E-state index >= 15 is 0 Å². The first kappa shape index (κ1) is 14.7. The maximum absolute atomic E-state index is 5.65. The molecule has 3 rings (SSSR count). The molecule has 6 heteroatoms. The fourth-order valence-corrected chi connectivity index (χ4v) is 2.74. The van der Waals surface area contributed by atoms with Gasteiger partial charge < -0.3 is 19.7 Å². The second-order valence-electron chi connectivity index (χ2n) is 5.64. The number of pyridine rings is 1. The van der Waals surface area contributed by atoms with Crippen molar-refractivity contribution in [1.29, 1.82) is 0 Å². The van der Waals surface area contributed by atoms with Gasteiger partial charge in [-0.15, -0.1) is 0 Å². The van der Waals surface area contributed by atoms with Crippen molar-refractivity contribution in [3.8, 4) is 0 Å². The largest absolute Gasteiger partial charge is 0.373 e. The van der Waals surface area contributed by atoms with E-state index in [2.05, 4.69) is 33.2 Å². The third-order valence-electron chi connectivity index (χ3n) is 4.10. The van der Waals surface area contributed by atoms with Crippen molar-refractivity contribution in [1.82, 2.24) is 14.8 Å². The predicted octanol–water partition coefficient (Wildman–Crippen LogP) is 0.916. The minimum atomic E-state index is -0.319. The van der Waals surface area contributed by atoms with Gasteiger partial charge in [0, 0.05) is 39.8 Å². The maximum Gasteiger partial charge on any atom is 0.201 e. The van der Waals surface area contributed by atoms with Gasteiger partial charge in [0.05, 0.1) is 13.2 Å². The Labute approximate surface area is 126 Å². The summed E-state index contributed by atoms with van der Waals surface area (Å²) in [6.07, 6.45) is -0.319. The van der Waals surface area contributed by atoms with Crippen LogP contribution in [-0.2, 0) is 16.0 Å². The Morgan fingerprint density at radius 1 is 1.19 bits per heavy atom. The number of nitrogens with zero attached hydrogens (tertiary/aromatic N) is 3. The zero-order valence-corrected chi connectivity index (χ0v) is 12.8. The lowest BCUT2D eigenvalue weighted by molar-refractivity contribution is -0.0483. The summed E-state index contributed by atoms with van der Waals surface area (Å²) in [5.74, 6) is 0.853. The van der Waals surface area contributed by atoms with Crippen LogP contribution in [0.4, 0.5) is 5.82 Å². The van der Waals surface area contributed by atoms with Crippen LogP contribution in [0.5, 0.6) is 0 Å². The summed E-state index contributed by atoms with van der Waals surface area (Å²) in [6, 6.07) is 4.15. The number of piperazine rings is 1. The monoisotopic (exact) mass is 292 g/mol. The number of rotatable bonds is 4. The average Bonchev–Trinajstić information content (AvgIpc) is 3.04. The molecule has 0 saturated carbocycles. The van der Waals surface area contributed by atoms with Gasteiger partial charge in [0.1, 0.15) is 11.5 Å². The molecule has 2 aliphatic heterocycles. The maximum atomic E-state index is 5.65. The highest BCUT2D eigenvalue weighted by Gasteiger charge is 2.25. The van der Waals surface area contributed by atoms with Crippen LogP contribution in [0.25, 0.3) is 0 Å². The molecule has 2 fully saturated rings. The van der Waals surface area contributed by atoms with Gasteiger partial charge >= 0.3 is 0 Å². The third kappa shape index (κ3) is 3.52. The van der Waals surface area contributed by atoms with Gasteiger partial charge in [0.15, 0.2) is 0 Å². The molecule has 2 saturated heterocycles. The lowest BCUT2D eigenvalue weighted by Crippen LogP contribution is -2.44. The number of likely N-dealkylation sites (N-methyl/N-ethyl adjacent to an activating group) is 1. The zero-order valence-electron chi connectivity index (χ0n) is 12.8. The van der Waals surface area contributed by atoms with E-state index in [1.807, 2.05) is 13.1 Å². The minimum Gasteiger partial charge on any atom is -0.373 e. The number of aromatic nitrogens is 1. The van der Waals surface area contributed by atoms with Crippen LogP contribution in [-0.4, -0.2) is 68.3 Å². The fraction of sp³-hybridized carbons (Fsp3) is 0.667. The fourth-order valence-electron chi connectivity index (χ4n) is 2.74. The highest BCUT2D eigenvalue weighted by atomic mass is 16.7. The number of hydrogen-bond acceptors (Lipinski definition) is 6. The smallest absolute Gasteiger partial charge is 0.201 e. The number of anilines is 1. The lowest BCUT2D eigenvalue weighted by Gasteiger charge is -2.32. The number of ether oxygens (including phenoxy) is 2. The topological polar surface area (TPSA) is 49.9 Å². The minimum absolute atomic E-state index is 0.319. The Hall–Kier alpha value is -1.21. The van der Waals surface area contributed by atoms with Crippen molar-refractivity contribution in [2.45, 2.75) is 12.8 Å². The van der Waals surface area contributed by atoms with Gasteiger partial charge in [0.25, 0.3) is 0 Å². The molecule has 6 nitrogen and oxygen atoms in total. The summed E-state index contributed by atoms with van der Waals surface area (Å²) in [5, 5.41) is 3.08. The van der Waals surface area contributed by atoms with Gasteiger partial charge in [-0.05, 0) is 18.7 Å². The van der Waals surface area contributed by atoms with E-state index in [0.717, 1.165) is 44.2 Å². The molecule has 2 aliphatic rings. The highest BCUT2D eigenvalue weighted by molar-refractivity contribution is 5.38. The Bertz CT molecular complexity index is 469. The summed E-state index contributed by atoms with van der Waals surface area (Å²) in [5.41, 5.74) is 2.11. The molecule has 0 aliphatic carbocycles. The van der Waals surface area contributed by atoms with Gasteiger partial charge in [-0.25, -0.2) is 4.98 Å². The zero-order chi connectivity index (χ0) is 14.7. The molecule has 21 heavy (non-hydrogen) atoms. The Kier molecular flexibility index (Phi) is 4.70. The SMILES string of the molecule is CNc1ccc(CN2CCN(C)CC2)c(C2OCCO2)n1. The van der Waals surface area contributed by atoms with E-state index in [9.17, 15) is 0 Å². The Morgan fingerprint density at radius 3 is 2.57 bits per heavy atom. The van der Waals surface area contributed by atoms with E-state index in [0.29, 0.717) is 13.2 Å². The van der Waals surface area contributed by atoms with Crippen molar-refractivity contribution in [2.24, 2.45) is 0 Å². The van der Waals surface area contributed by atoms with Crippen molar-refractivity contribution >= 4 is 5.82 Å². The molecule has 0 spiro atoms. The van der Waals surface area contributed by atoms with Crippen LogP contribution in [0.2, 0.25) is 0 Å². The summed E-state index contributed by atoms with van der Waals surface area (Å²) < 4.78 is 11.3. The first-order chi connectivity index (χ1) is 10.3. The molecule has 1 N–H and O–H groups in total. The van der Waals surface area contributed by atoms with Crippen LogP contribution in [0, 0.1) is 0 Å². The molecule has 3 heterocycles. The Balaban J connectivity index is 1.76. The van der Waals surface area contributed by atoms with Crippen molar-refractivity contribution in [3.05, 3.63) is 23.4 Å². The normalized spacial score (nSPS) is 21.8. The second kappa shape index (κ2) is 6.70. The van der Waals surface area contributed by atoms with E-state index in [1.165, 1.54) is 5.56 Å². The molecular formula is C15H24N4O2. The molecule has 1 aromatic heterocycles. The van der Waals surface area contributed by atoms with Crippen LogP contribution in [0.3, 0.4) is 0 Å². The second-order valence-corrected chi connectivity index (χ2v) is 5.64. The van der Waals surface area contributed by atoms with Gasteiger partial charge in [0.2, 0.25) is 6.29 Å². The molecule has 0 bridgehead atoms. The third-order valence-corrected chi connectivity index (χ3v) is 4.10. The standard InChI is InChI=1S/C15H24N4O2/c1-16-13-4-3-12(11-19-7-5-18(2)6-8-19)14(17-13)15-20-9-10-21-15/h3-4,15H,5-11H2,1-2H3,(H,16,17). The van der Waals surface area contributed by atoms with E-state index in [4.69, 9.17) is 9.47 Å². The van der Waals surface area contributed by atoms with Crippen molar-refractivity contribution in [2.75, 3.05) is 58.8 Å². The molecule has 0 atom stereocenters. The Morgan fingerprint density at radius 2 is 1.90 bits per heavy atom. The van der Waals surface area contributed by atoms with Crippen LogP contribution in [0.1, 0.15) is 17.5 Å². The molecule has 0 unspecified atom stereocenters. The van der Waals surface area contributed by atoms with Crippen LogP contribution < -0.4 is 5.32 Å².